The third-order valence-corrected chi connectivity index (χ3v) is 4.87. The van der Waals surface area contributed by atoms with Crippen molar-refractivity contribution < 1.29 is 4.39 Å². The molecule has 0 unspecified atom stereocenters. The fraction of sp³-hybridized carbons (Fsp3) is 0.533. The standard InChI is InChI=1S/C15H18BrFN2/c1-10-3-6-12(7-4-10)19(2)13-8-5-11(9-18)14(16)15(13)17/h5,8,10,12H,3-4,6-7H2,1-2H3. The first kappa shape index (κ1) is 14.3. The molecule has 0 amide bonds. The minimum atomic E-state index is -0.333. The van der Waals surface area contributed by atoms with Crippen LogP contribution < -0.4 is 4.90 Å². The van der Waals surface area contributed by atoms with Crippen LogP contribution in [-0.2, 0) is 0 Å². The molecular formula is C15H18BrFN2. The molecule has 1 aromatic rings. The highest BCUT2D eigenvalue weighted by Crippen LogP contribution is 2.33. The summed E-state index contributed by atoms with van der Waals surface area (Å²) in [6.07, 6.45) is 4.62. The summed E-state index contributed by atoms with van der Waals surface area (Å²) in [6.45, 7) is 2.27. The van der Waals surface area contributed by atoms with Crippen LogP contribution in [0.1, 0.15) is 38.2 Å². The number of hydrogen-bond acceptors (Lipinski definition) is 2. The molecule has 0 saturated heterocycles. The first-order valence-electron chi connectivity index (χ1n) is 6.65. The van der Waals surface area contributed by atoms with Gasteiger partial charge in [0.1, 0.15) is 6.07 Å². The van der Waals surface area contributed by atoms with Gasteiger partial charge in [-0.3, -0.25) is 0 Å². The SMILES string of the molecule is CC1CCC(N(C)c2ccc(C#N)c(Br)c2F)CC1. The van der Waals surface area contributed by atoms with Gasteiger partial charge >= 0.3 is 0 Å². The molecule has 1 aliphatic rings. The largest absolute Gasteiger partial charge is 0.369 e. The summed E-state index contributed by atoms with van der Waals surface area (Å²) >= 11 is 3.17. The number of benzene rings is 1. The monoisotopic (exact) mass is 324 g/mol. The predicted molar refractivity (Wildman–Crippen MR) is 78.6 cm³/mol. The Hall–Kier alpha value is -1.08. The summed E-state index contributed by atoms with van der Waals surface area (Å²) in [5, 5.41) is 8.89. The normalized spacial score (nSPS) is 22.9. The first-order valence-corrected chi connectivity index (χ1v) is 7.44. The van der Waals surface area contributed by atoms with E-state index in [0.717, 1.165) is 18.8 Å². The molecule has 0 N–H and O–H groups in total. The molecule has 1 aliphatic carbocycles. The van der Waals surface area contributed by atoms with E-state index in [-0.39, 0.29) is 10.3 Å². The lowest BCUT2D eigenvalue weighted by Gasteiger charge is -2.35. The highest BCUT2D eigenvalue weighted by atomic mass is 79.9. The Bertz CT molecular complexity index is 502. The van der Waals surface area contributed by atoms with Crippen LogP contribution in [0.2, 0.25) is 0 Å². The maximum atomic E-state index is 14.3. The Morgan fingerprint density at radius 1 is 1.32 bits per heavy atom. The molecule has 0 spiro atoms. The van der Waals surface area contributed by atoms with Crippen molar-refractivity contribution in [2.24, 2.45) is 5.92 Å². The van der Waals surface area contributed by atoms with Crippen molar-refractivity contribution >= 4 is 21.6 Å². The second-order valence-corrected chi connectivity index (χ2v) is 6.19. The summed E-state index contributed by atoms with van der Waals surface area (Å²) in [4.78, 5) is 2.02. The summed E-state index contributed by atoms with van der Waals surface area (Å²) < 4.78 is 14.6. The lowest BCUT2D eigenvalue weighted by molar-refractivity contribution is 0.339. The van der Waals surface area contributed by atoms with Gasteiger partial charge in [0.2, 0.25) is 0 Å². The van der Waals surface area contributed by atoms with Crippen molar-refractivity contribution in [2.45, 2.75) is 38.6 Å². The number of halogens is 2. The zero-order valence-electron chi connectivity index (χ0n) is 11.3. The minimum Gasteiger partial charge on any atom is -0.369 e. The minimum absolute atomic E-state index is 0.267. The smallest absolute Gasteiger partial charge is 0.161 e. The van der Waals surface area contributed by atoms with E-state index in [9.17, 15) is 4.39 Å². The number of hydrogen-bond donors (Lipinski definition) is 0. The molecule has 102 valence electrons. The van der Waals surface area contributed by atoms with Crippen molar-refractivity contribution in [3.05, 3.63) is 28.0 Å². The van der Waals surface area contributed by atoms with Gasteiger partial charge in [-0.15, -0.1) is 0 Å². The summed E-state index contributed by atoms with van der Waals surface area (Å²) in [7, 11) is 1.94. The zero-order valence-corrected chi connectivity index (χ0v) is 12.9. The van der Waals surface area contributed by atoms with Crippen molar-refractivity contribution in [3.8, 4) is 6.07 Å². The average molecular weight is 325 g/mol. The van der Waals surface area contributed by atoms with E-state index in [1.807, 2.05) is 18.0 Å². The van der Waals surface area contributed by atoms with Crippen molar-refractivity contribution in [1.29, 1.82) is 5.26 Å². The summed E-state index contributed by atoms with van der Waals surface area (Å²) in [5.41, 5.74) is 0.914. The van der Waals surface area contributed by atoms with Gasteiger partial charge in [0.25, 0.3) is 0 Å². The molecule has 4 heteroatoms. The average Bonchev–Trinajstić information content (AvgIpc) is 2.42. The lowest BCUT2D eigenvalue weighted by Crippen LogP contribution is -2.35. The molecular weight excluding hydrogens is 307 g/mol. The highest BCUT2D eigenvalue weighted by molar-refractivity contribution is 9.10. The predicted octanol–water partition coefficient (Wildman–Crippen LogP) is 4.47. The van der Waals surface area contributed by atoms with Crippen LogP contribution >= 0.6 is 15.9 Å². The Kier molecular flexibility index (Phi) is 4.46. The second-order valence-electron chi connectivity index (χ2n) is 5.40. The highest BCUT2D eigenvalue weighted by Gasteiger charge is 2.24. The van der Waals surface area contributed by atoms with Crippen LogP contribution in [-0.4, -0.2) is 13.1 Å². The molecule has 1 fully saturated rings. The Morgan fingerprint density at radius 3 is 2.53 bits per heavy atom. The van der Waals surface area contributed by atoms with Crippen LogP contribution in [0.25, 0.3) is 0 Å². The molecule has 2 rings (SSSR count). The number of nitriles is 1. The van der Waals surface area contributed by atoms with E-state index in [1.54, 1.807) is 12.1 Å². The maximum Gasteiger partial charge on any atom is 0.161 e. The van der Waals surface area contributed by atoms with E-state index in [2.05, 4.69) is 22.9 Å². The molecule has 19 heavy (non-hydrogen) atoms. The van der Waals surface area contributed by atoms with Crippen LogP contribution in [0.4, 0.5) is 10.1 Å². The van der Waals surface area contributed by atoms with Crippen molar-refractivity contribution in [2.75, 3.05) is 11.9 Å². The van der Waals surface area contributed by atoms with Gasteiger partial charge in [-0.1, -0.05) is 6.92 Å². The fourth-order valence-electron chi connectivity index (χ4n) is 2.72. The van der Waals surface area contributed by atoms with Gasteiger partial charge in [-0.2, -0.15) is 5.26 Å². The van der Waals surface area contributed by atoms with Gasteiger partial charge < -0.3 is 4.90 Å². The molecule has 0 aromatic heterocycles. The summed E-state index contributed by atoms with van der Waals surface area (Å²) in [5.74, 6) is 0.447. The Balaban J connectivity index is 2.22. The van der Waals surface area contributed by atoms with E-state index < -0.39 is 0 Å². The molecule has 1 saturated carbocycles. The molecule has 2 nitrogen and oxygen atoms in total. The molecule has 0 heterocycles. The fourth-order valence-corrected chi connectivity index (χ4v) is 3.15. The maximum absolute atomic E-state index is 14.3. The van der Waals surface area contributed by atoms with Gasteiger partial charge in [-0.05, 0) is 59.7 Å². The zero-order chi connectivity index (χ0) is 14.0. The quantitative estimate of drug-likeness (QED) is 0.802. The van der Waals surface area contributed by atoms with Gasteiger partial charge in [-0.25, -0.2) is 4.39 Å². The lowest BCUT2D eigenvalue weighted by atomic mass is 9.86. The van der Waals surface area contributed by atoms with E-state index >= 15 is 0 Å². The third-order valence-electron chi connectivity index (χ3n) is 4.10. The van der Waals surface area contributed by atoms with Crippen LogP contribution in [0.3, 0.4) is 0 Å². The first-order chi connectivity index (χ1) is 9.04. The Morgan fingerprint density at radius 2 is 1.95 bits per heavy atom. The van der Waals surface area contributed by atoms with Gasteiger partial charge in [0.05, 0.1) is 15.7 Å². The Labute approximate surface area is 122 Å². The molecule has 0 aliphatic heterocycles. The van der Waals surface area contributed by atoms with Crippen LogP contribution in [0, 0.1) is 23.1 Å². The molecule has 0 bridgehead atoms. The van der Waals surface area contributed by atoms with Crippen LogP contribution in [0.15, 0.2) is 16.6 Å². The van der Waals surface area contributed by atoms with Crippen LogP contribution in [0.5, 0.6) is 0 Å². The molecule has 0 atom stereocenters. The molecule has 1 aromatic carbocycles. The van der Waals surface area contributed by atoms with E-state index in [0.29, 0.717) is 17.3 Å². The van der Waals surface area contributed by atoms with E-state index in [1.165, 1.54) is 12.8 Å². The van der Waals surface area contributed by atoms with Gasteiger partial charge in [0.15, 0.2) is 5.82 Å². The number of rotatable bonds is 2. The van der Waals surface area contributed by atoms with E-state index in [4.69, 9.17) is 5.26 Å². The summed E-state index contributed by atoms with van der Waals surface area (Å²) in [6, 6.07) is 5.75. The van der Waals surface area contributed by atoms with Crippen molar-refractivity contribution in [1.82, 2.24) is 0 Å². The number of nitrogens with zero attached hydrogens (tertiary/aromatic N) is 2. The number of anilines is 1. The van der Waals surface area contributed by atoms with Gasteiger partial charge in [0, 0.05) is 13.1 Å². The van der Waals surface area contributed by atoms with Crippen molar-refractivity contribution in [3.63, 3.8) is 0 Å². The topological polar surface area (TPSA) is 27.0 Å². The third kappa shape index (κ3) is 2.92. The second kappa shape index (κ2) is 5.92. The molecule has 0 radical (unpaired) electrons.